The monoisotopic (exact) mass is 390 g/mol. The Hall–Kier alpha value is -1.25. The lowest BCUT2D eigenvalue weighted by Gasteiger charge is -2.38. The summed E-state index contributed by atoms with van der Waals surface area (Å²) in [5.41, 5.74) is 6.01. The van der Waals surface area contributed by atoms with Gasteiger partial charge in [0.25, 0.3) is 0 Å². The molecule has 2 amide bonds. The fourth-order valence-corrected chi connectivity index (χ4v) is 3.59. The maximum atomic E-state index is 12.5. The van der Waals surface area contributed by atoms with Crippen molar-refractivity contribution in [1.82, 2.24) is 10.1 Å². The largest absolute Gasteiger partial charge is 0.360 e. The molecule has 1 aromatic rings. The molecule has 0 radical (unpaired) electrons. The molecule has 3 atom stereocenters. The number of likely N-dealkylation sites (tertiary alicyclic amines) is 1. The number of nitrogens with zero attached hydrogens (tertiary/aromatic N) is 2. The molecule has 1 fully saturated rings. The molecule has 0 spiro atoms. The summed E-state index contributed by atoms with van der Waals surface area (Å²) in [6, 6.07) is 1.73. The lowest BCUT2D eigenvalue weighted by atomic mass is 9.97. The van der Waals surface area contributed by atoms with Gasteiger partial charge in [-0.05, 0) is 40.0 Å². The van der Waals surface area contributed by atoms with Crippen LogP contribution in [0, 0.1) is 6.92 Å². The second kappa shape index (κ2) is 10.0. The molecule has 0 bridgehead atoms. The highest BCUT2D eigenvalue weighted by Crippen LogP contribution is 2.21. The summed E-state index contributed by atoms with van der Waals surface area (Å²) in [4.78, 5) is 26.5. The molecule has 1 aliphatic heterocycles. The second-order valence-corrected chi connectivity index (χ2v) is 7.60. The van der Waals surface area contributed by atoms with Gasteiger partial charge < -0.3 is 20.5 Å². The molecular weight excluding hydrogens is 364 g/mol. The lowest BCUT2D eigenvalue weighted by Crippen LogP contribution is -2.52. The van der Waals surface area contributed by atoms with Gasteiger partial charge in [0.1, 0.15) is 5.76 Å². The molecule has 2 rings (SSSR count). The summed E-state index contributed by atoms with van der Waals surface area (Å²) < 4.78 is 4.91. The van der Waals surface area contributed by atoms with Crippen molar-refractivity contribution in [2.45, 2.75) is 57.4 Å². The summed E-state index contributed by atoms with van der Waals surface area (Å²) in [5, 5.41) is 6.06. The van der Waals surface area contributed by atoms with Crippen molar-refractivity contribution in [3.63, 3.8) is 0 Å². The van der Waals surface area contributed by atoms with Gasteiger partial charge in [-0.2, -0.15) is 0 Å². The number of hydrogen-bond donors (Lipinski definition) is 2. The van der Waals surface area contributed by atoms with Crippen LogP contribution in [-0.4, -0.2) is 51.5 Å². The molecular formula is C16H27ClN4O3S. The van der Waals surface area contributed by atoms with E-state index in [2.05, 4.69) is 10.5 Å². The van der Waals surface area contributed by atoms with E-state index in [1.54, 1.807) is 19.9 Å². The average Bonchev–Trinajstić information content (AvgIpc) is 2.97. The lowest BCUT2D eigenvalue weighted by molar-refractivity contribution is -0.132. The van der Waals surface area contributed by atoms with Crippen molar-refractivity contribution in [1.29, 1.82) is 0 Å². The van der Waals surface area contributed by atoms with E-state index in [-0.39, 0.29) is 47.3 Å². The summed E-state index contributed by atoms with van der Waals surface area (Å²) in [6.07, 6.45) is 3.08. The minimum absolute atomic E-state index is 0. The molecule has 1 aromatic heterocycles. The molecule has 142 valence electrons. The highest BCUT2D eigenvalue weighted by Gasteiger charge is 2.29. The summed E-state index contributed by atoms with van der Waals surface area (Å²) in [7, 11) is 0. The maximum Gasteiger partial charge on any atom is 0.238 e. The van der Waals surface area contributed by atoms with E-state index in [0.717, 1.165) is 25.8 Å². The fourth-order valence-electron chi connectivity index (χ4n) is 2.82. The number of nitrogens with one attached hydrogen (secondary N) is 1. The standard InChI is InChI=1S/C16H26N4O3S.ClH/c1-10-8-14(19-23-10)18-16(22)12(3)24-9-15(21)20-7-5-4-6-13(20)11(2)17;/h8,11-13H,4-7,9,17H2,1-3H3,(H,18,19,22);1H. The number of nitrogens with two attached hydrogens (primary N) is 1. The third-order valence-corrected chi connectivity index (χ3v) is 5.31. The molecule has 1 saturated heterocycles. The normalized spacial score (nSPS) is 19.7. The third-order valence-electron chi connectivity index (χ3n) is 4.18. The van der Waals surface area contributed by atoms with Crippen LogP contribution in [0.1, 0.15) is 38.9 Å². The number of aromatic nitrogens is 1. The molecule has 3 unspecified atom stereocenters. The van der Waals surface area contributed by atoms with Crippen LogP contribution in [0.5, 0.6) is 0 Å². The number of carbonyl (C=O) groups is 2. The number of amides is 2. The van der Waals surface area contributed by atoms with Gasteiger partial charge in [-0.15, -0.1) is 24.2 Å². The molecule has 3 N–H and O–H groups in total. The topological polar surface area (TPSA) is 101 Å². The maximum absolute atomic E-state index is 12.5. The number of carbonyl (C=O) groups excluding carboxylic acids is 2. The first-order chi connectivity index (χ1) is 11.4. The summed E-state index contributed by atoms with van der Waals surface area (Å²) in [5.74, 6) is 1.16. The SMILES string of the molecule is Cc1cc(NC(=O)C(C)SCC(=O)N2CCCCC2C(C)N)no1.Cl. The van der Waals surface area contributed by atoms with Gasteiger partial charge >= 0.3 is 0 Å². The van der Waals surface area contributed by atoms with Crippen LogP contribution < -0.4 is 11.1 Å². The van der Waals surface area contributed by atoms with E-state index < -0.39 is 0 Å². The third kappa shape index (κ3) is 6.20. The van der Waals surface area contributed by atoms with E-state index in [1.165, 1.54) is 11.8 Å². The number of piperidine rings is 1. The van der Waals surface area contributed by atoms with Crippen molar-refractivity contribution in [3.8, 4) is 0 Å². The van der Waals surface area contributed by atoms with Crippen LogP contribution >= 0.6 is 24.2 Å². The predicted octanol–water partition coefficient (Wildman–Crippen LogP) is 2.19. The van der Waals surface area contributed by atoms with E-state index in [1.807, 2.05) is 11.8 Å². The molecule has 9 heteroatoms. The zero-order valence-electron chi connectivity index (χ0n) is 14.9. The smallest absolute Gasteiger partial charge is 0.238 e. The van der Waals surface area contributed by atoms with E-state index >= 15 is 0 Å². The van der Waals surface area contributed by atoms with Gasteiger partial charge in [-0.3, -0.25) is 9.59 Å². The van der Waals surface area contributed by atoms with Gasteiger partial charge in [0.2, 0.25) is 11.8 Å². The zero-order chi connectivity index (χ0) is 17.7. The molecule has 1 aliphatic rings. The van der Waals surface area contributed by atoms with Crippen LogP contribution in [0.3, 0.4) is 0 Å². The molecule has 0 saturated carbocycles. The van der Waals surface area contributed by atoms with Crippen molar-refractivity contribution in [2.24, 2.45) is 5.73 Å². The second-order valence-electron chi connectivity index (χ2n) is 6.27. The average molecular weight is 391 g/mol. The quantitative estimate of drug-likeness (QED) is 0.772. The Bertz CT molecular complexity index is 581. The number of anilines is 1. The minimum Gasteiger partial charge on any atom is -0.360 e. The van der Waals surface area contributed by atoms with E-state index in [9.17, 15) is 9.59 Å². The number of halogens is 1. The van der Waals surface area contributed by atoms with Crippen molar-refractivity contribution >= 4 is 41.8 Å². The van der Waals surface area contributed by atoms with Crippen LogP contribution in [0.15, 0.2) is 10.6 Å². The first-order valence-corrected chi connectivity index (χ1v) is 9.34. The summed E-state index contributed by atoms with van der Waals surface area (Å²) >= 11 is 1.32. The Morgan fingerprint density at radius 2 is 2.20 bits per heavy atom. The molecule has 2 heterocycles. The Kier molecular flexibility index (Phi) is 8.75. The van der Waals surface area contributed by atoms with Crippen LogP contribution in [0.2, 0.25) is 0 Å². The first kappa shape index (κ1) is 21.8. The van der Waals surface area contributed by atoms with Crippen molar-refractivity contribution < 1.29 is 14.1 Å². The van der Waals surface area contributed by atoms with Crippen LogP contribution in [0.25, 0.3) is 0 Å². The van der Waals surface area contributed by atoms with Gasteiger partial charge in [-0.25, -0.2) is 0 Å². The molecule has 25 heavy (non-hydrogen) atoms. The predicted molar refractivity (Wildman–Crippen MR) is 102 cm³/mol. The van der Waals surface area contributed by atoms with Gasteiger partial charge in [0.05, 0.1) is 11.0 Å². The highest BCUT2D eigenvalue weighted by atomic mass is 35.5. The Labute approximate surface area is 158 Å². The molecule has 0 aromatic carbocycles. The van der Waals surface area contributed by atoms with Crippen LogP contribution in [0.4, 0.5) is 5.82 Å². The van der Waals surface area contributed by atoms with Crippen molar-refractivity contribution in [2.75, 3.05) is 17.6 Å². The van der Waals surface area contributed by atoms with Gasteiger partial charge in [0.15, 0.2) is 5.82 Å². The van der Waals surface area contributed by atoms with E-state index in [4.69, 9.17) is 10.3 Å². The van der Waals surface area contributed by atoms with Gasteiger partial charge in [-0.1, -0.05) is 5.16 Å². The van der Waals surface area contributed by atoms with E-state index in [0.29, 0.717) is 11.6 Å². The molecule has 0 aliphatic carbocycles. The fraction of sp³-hybridized carbons (Fsp3) is 0.688. The number of aryl methyl sites for hydroxylation is 1. The number of hydrogen-bond acceptors (Lipinski definition) is 6. The Morgan fingerprint density at radius 3 is 2.80 bits per heavy atom. The Balaban J connectivity index is 0.00000312. The Morgan fingerprint density at radius 1 is 1.48 bits per heavy atom. The highest BCUT2D eigenvalue weighted by molar-refractivity contribution is 8.01. The van der Waals surface area contributed by atoms with Crippen molar-refractivity contribution in [3.05, 3.63) is 11.8 Å². The summed E-state index contributed by atoms with van der Waals surface area (Å²) in [6.45, 7) is 6.23. The number of thioether (sulfide) groups is 1. The first-order valence-electron chi connectivity index (χ1n) is 8.29. The van der Waals surface area contributed by atoms with Crippen LogP contribution in [-0.2, 0) is 9.59 Å². The zero-order valence-corrected chi connectivity index (χ0v) is 16.5. The molecule has 7 nitrogen and oxygen atoms in total. The number of rotatable bonds is 6. The van der Waals surface area contributed by atoms with Gasteiger partial charge in [0, 0.05) is 24.7 Å². The minimum atomic E-state index is -0.357.